The van der Waals surface area contributed by atoms with E-state index >= 15 is 0 Å². The summed E-state index contributed by atoms with van der Waals surface area (Å²) in [5.41, 5.74) is 4.59. The second kappa shape index (κ2) is 8.39. The first-order valence-electron chi connectivity index (χ1n) is 10.8. The summed E-state index contributed by atoms with van der Waals surface area (Å²) in [5, 5.41) is 1.08. The molecule has 32 heavy (non-hydrogen) atoms. The molecule has 0 aliphatic carbocycles. The lowest BCUT2D eigenvalue weighted by atomic mass is 9.84. The zero-order valence-electron chi connectivity index (χ0n) is 19.2. The van der Waals surface area contributed by atoms with Crippen LogP contribution in [0.2, 0.25) is 0 Å². The molecule has 3 heterocycles. The fourth-order valence-electron chi connectivity index (χ4n) is 4.77. The topological polar surface area (TPSA) is 78.0 Å². The van der Waals surface area contributed by atoms with Crippen LogP contribution in [0, 0.1) is 0 Å². The van der Waals surface area contributed by atoms with Crippen LogP contribution in [0.15, 0.2) is 35.4 Å². The number of carbonyl (C=O) groups is 2. The molecule has 168 valence electrons. The van der Waals surface area contributed by atoms with Crippen LogP contribution in [-0.4, -0.2) is 55.6 Å². The highest BCUT2D eigenvalue weighted by atomic mass is 16.6. The molecule has 2 aliphatic heterocycles. The minimum atomic E-state index is -1.32. The molecule has 4 rings (SSSR count). The third-order valence-electron chi connectivity index (χ3n) is 6.55. The average Bonchev–Trinajstić information content (AvgIpc) is 3.12. The Hall–Kier alpha value is -3.19. The number of ether oxygens (including phenoxy) is 3. The summed E-state index contributed by atoms with van der Waals surface area (Å²) >= 11 is 0. The van der Waals surface area contributed by atoms with Crippen LogP contribution in [-0.2, 0) is 32.0 Å². The molecule has 0 saturated carbocycles. The Balaban J connectivity index is 1.97. The molecular formula is C25H28N2O5. The number of benzene rings is 1. The molecule has 0 radical (unpaired) electrons. The molecule has 0 fully saturated rings. The molecule has 2 aromatic rings. The largest absolute Gasteiger partial charge is 0.497 e. The van der Waals surface area contributed by atoms with E-state index in [4.69, 9.17) is 19.2 Å². The van der Waals surface area contributed by atoms with Crippen LogP contribution in [0.5, 0.6) is 5.75 Å². The number of hydrogen-bond acceptors (Lipinski definition) is 7. The van der Waals surface area contributed by atoms with Crippen molar-refractivity contribution in [2.24, 2.45) is 0 Å². The van der Waals surface area contributed by atoms with Gasteiger partial charge in [0.1, 0.15) is 18.6 Å². The van der Waals surface area contributed by atoms with E-state index in [1.807, 2.05) is 38.2 Å². The minimum Gasteiger partial charge on any atom is -0.497 e. The van der Waals surface area contributed by atoms with E-state index in [0.717, 1.165) is 46.3 Å². The van der Waals surface area contributed by atoms with E-state index in [2.05, 4.69) is 11.8 Å². The quantitative estimate of drug-likeness (QED) is 0.507. The maximum absolute atomic E-state index is 12.7. The van der Waals surface area contributed by atoms with Crippen molar-refractivity contribution >= 4 is 28.9 Å². The first-order valence-corrected chi connectivity index (χ1v) is 10.8. The lowest BCUT2D eigenvalue weighted by Crippen LogP contribution is -2.47. The Morgan fingerprint density at radius 2 is 2.06 bits per heavy atom. The number of aromatic nitrogens is 1. The predicted molar refractivity (Wildman–Crippen MR) is 121 cm³/mol. The van der Waals surface area contributed by atoms with E-state index in [1.165, 1.54) is 12.7 Å². The monoisotopic (exact) mass is 436 g/mol. The van der Waals surface area contributed by atoms with Gasteiger partial charge in [-0.25, -0.2) is 9.78 Å². The first kappa shape index (κ1) is 22.0. The van der Waals surface area contributed by atoms with E-state index in [9.17, 15) is 9.59 Å². The van der Waals surface area contributed by atoms with Crippen LogP contribution in [0.3, 0.4) is 0 Å². The summed E-state index contributed by atoms with van der Waals surface area (Å²) in [7, 11) is 5.12. The van der Waals surface area contributed by atoms with Gasteiger partial charge in [-0.2, -0.15) is 0 Å². The summed E-state index contributed by atoms with van der Waals surface area (Å²) in [6.45, 7) is 4.60. The minimum absolute atomic E-state index is 0.0612. The van der Waals surface area contributed by atoms with E-state index in [0.29, 0.717) is 24.1 Å². The number of carbonyl (C=O) groups excluding carboxylic acids is 2. The van der Waals surface area contributed by atoms with Crippen molar-refractivity contribution in [2.75, 3.05) is 27.9 Å². The summed E-state index contributed by atoms with van der Waals surface area (Å²) in [6, 6.07) is 5.89. The van der Waals surface area contributed by atoms with Gasteiger partial charge < -0.3 is 19.1 Å². The van der Waals surface area contributed by atoms with Gasteiger partial charge in [-0.05, 0) is 42.7 Å². The summed E-state index contributed by atoms with van der Waals surface area (Å²) in [4.78, 5) is 31.6. The molecule has 0 amide bonds. The van der Waals surface area contributed by atoms with Gasteiger partial charge >= 0.3 is 5.97 Å². The van der Waals surface area contributed by atoms with Gasteiger partial charge in [0.2, 0.25) is 0 Å². The normalized spacial score (nSPS) is 21.8. The molecule has 7 nitrogen and oxygen atoms in total. The summed E-state index contributed by atoms with van der Waals surface area (Å²) in [5.74, 6) is 0.319. The Labute approximate surface area is 187 Å². The molecule has 1 unspecified atom stereocenters. The molecule has 0 spiro atoms. The molecule has 1 atom stereocenters. The molecule has 0 bridgehead atoms. The number of nitrogens with zero attached hydrogens (tertiary/aromatic N) is 2. The number of esters is 1. The summed E-state index contributed by atoms with van der Waals surface area (Å²) in [6.07, 6.45) is 3.82. The van der Waals surface area contributed by atoms with Crippen molar-refractivity contribution in [3.63, 3.8) is 0 Å². The van der Waals surface area contributed by atoms with Crippen LogP contribution < -0.4 is 4.74 Å². The molecule has 2 aliphatic rings. The van der Waals surface area contributed by atoms with Gasteiger partial charge in [0.25, 0.3) is 0 Å². The molecule has 0 saturated heterocycles. The Morgan fingerprint density at radius 1 is 1.28 bits per heavy atom. The van der Waals surface area contributed by atoms with E-state index < -0.39 is 11.6 Å². The lowest BCUT2D eigenvalue weighted by molar-refractivity contribution is -0.166. The highest BCUT2D eigenvalue weighted by molar-refractivity contribution is 5.94. The van der Waals surface area contributed by atoms with Gasteiger partial charge in [-0.15, -0.1) is 0 Å². The average molecular weight is 437 g/mol. The van der Waals surface area contributed by atoms with Gasteiger partial charge in [0.05, 0.1) is 24.0 Å². The summed E-state index contributed by atoms with van der Waals surface area (Å²) < 4.78 is 16.4. The van der Waals surface area contributed by atoms with Crippen LogP contribution >= 0.6 is 0 Å². The van der Waals surface area contributed by atoms with E-state index in [-0.39, 0.29) is 6.61 Å². The lowest BCUT2D eigenvalue weighted by Gasteiger charge is -2.35. The third kappa shape index (κ3) is 3.19. The van der Waals surface area contributed by atoms with Gasteiger partial charge in [0, 0.05) is 42.8 Å². The van der Waals surface area contributed by atoms with Crippen molar-refractivity contribution in [1.29, 1.82) is 0 Å². The van der Waals surface area contributed by atoms with Crippen molar-refractivity contribution in [3.8, 4) is 5.75 Å². The fraction of sp³-hybridized carbons (Fsp3) is 0.400. The molecular weight excluding hydrogens is 408 g/mol. The number of hydrogen-bond donors (Lipinski definition) is 0. The number of aryl methyl sites for hydroxylation is 1. The van der Waals surface area contributed by atoms with Crippen LogP contribution in [0.4, 0.5) is 0 Å². The maximum Gasteiger partial charge on any atom is 0.343 e. The molecule has 7 heteroatoms. The highest BCUT2D eigenvalue weighted by Crippen LogP contribution is 2.41. The Morgan fingerprint density at radius 3 is 2.69 bits per heavy atom. The number of cyclic esters (lactones) is 1. The number of methoxy groups -OCH3 is 2. The smallest absolute Gasteiger partial charge is 0.343 e. The predicted octanol–water partition coefficient (Wildman–Crippen LogP) is 3.44. The fourth-order valence-corrected chi connectivity index (χ4v) is 4.77. The SMILES string of the molecule is CCc1c2c(nc3ccc(OC)cc13)C(=CC1=C(C=O)COC(=O)C1(CC)OC)N(C)C2. The Bertz CT molecular complexity index is 1160. The maximum atomic E-state index is 12.7. The second-order valence-electron chi connectivity index (χ2n) is 8.06. The number of rotatable bonds is 6. The molecule has 1 aromatic heterocycles. The number of pyridine rings is 1. The van der Waals surface area contributed by atoms with Crippen molar-refractivity contribution < 1.29 is 23.8 Å². The Kier molecular flexibility index (Phi) is 5.77. The zero-order valence-corrected chi connectivity index (χ0v) is 19.2. The zero-order chi connectivity index (χ0) is 23.0. The van der Waals surface area contributed by atoms with Crippen LogP contribution in [0.1, 0.15) is 37.1 Å². The van der Waals surface area contributed by atoms with Gasteiger partial charge in [0.15, 0.2) is 5.60 Å². The first-order chi connectivity index (χ1) is 15.4. The van der Waals surface area contributed by atoms with E-state index in [1.54, 1.807) is 7.11 Å². The van der Waals surface area contributed by atoms with Crippen molar-refractivity contribution in [1.82, 2.24) is 9.88 Å². The van der Waals surface area contributed by atoms with Crippen molar-refractivity contribution in [2.45, 2.75) is 38.8 Å². The highest BCUT2D eigenvalue weighted by Gasteiger charge is 2.46. The van der Waals surface area contributed by atoms with Crippen molar-refractivity contribution in [3.05, 3.63) is 52.2 Å². The number of fused-ring (bicyclic) bond motifs is 2. The molecule has 1 aromatic carbocycles. The standard InChI is InChI=1S/C25H28N2O5/c1-6-17-18-10-16(30-4)8-9-21(18)26-23-19(17)12-27(3)22(23)11-20-15(13-28)14-32-24(29)25(20,7-2)31-5/h8-11,13H,6-7,12,14H2,1-5H3. The third-order valence-corrected chi connectivity index (χ3v) is 6.55. The van der Waals surface area contributed by atoms with Gasteiger partial charge in [-0.1, -0.05) is 13.8 Å². The van der Waals surface area contributed by atoms with Gasteiger partial charge in [-0.3, -0.25) is 4.79 Å². The number of aldehydes is 1. The molecule has 0 N–H and O–H groups in total. The second-order valence-corrected chi connectivity index (χ2v) is 8.06. The van der Waals surface area contributed by atoms with Crippen LogP contribution in [0.25, 0.3) is 16.6 Å².